The summed E-state index contributed by atoms with van der Waals surface area (Å²) in [5.41, 5.74) is 0.352. The number of aliphatic hydroxyl groups excluding tert-OH is 2. The molecule has 10 nitrogen and oxygen atoms in total. The Labute approximate surface area is 259 Å². The first-order valence-electron chi connectivity index (χ1n) is 15.8. The molecular formula is C34H49NO9. The molecule has 0 aliphatic heterocycles. The van der Waals surface area contributed by atoms with Gasteiger partial charge in [-0.2, -0.15) is 0 Å². The van der Waals surface area contributed by atoms with Crippen LogP contribution in [0.3, 0.4) is 0 Å². The molecule has 10 heteroatoms. The second-order valence-electron chi connectivity index (χ2n) is 14.4. The standard InChI is InChI=1S/C34H49NO9/c1-8-18(36)14-22-32(6)20(15-44-13-12-16(2)3)19-10-9-11-21(37)23(19)27(38)26(32)30(41)34(43)29(40)24(31(35)42)28(39)25(17(4)5)33(22,34)7/h9-11,16-17,20,22,24-26,28,30,37,39,41,43H,8,12-15H2,1-7H3,(H2,35,42)/t20-,22-,24-,25+,26-,28?,30?,32-,33-,34+/m1/s1. The summed E-state index contributed by atoms with van der Waals surface area (Å²) in [7, 11) is 0. The van der Waals surface area contributed by atoms with E-state index in [4.69, 9.17) is 10.5 Å². The smallest absolute Gasteiger partial charge is 0.230 e. The lowest BCUT2D eigenvalue weighted by Gasteiger charge is -2.71. The molecule has 0 heterocycles. The molecule has 0 saturated heterocycles. The predicted molar refractivity (Wildman–Crippen MR) is 162 cm³/mol. The average molecular weight is 616 g/mol. The summed E-state index contributed by atoms with van der Waals surface area (Å²) in [4.78, 5) is 54.7. The Morgan fingerprint density at radius 1 is 1.09 bits per heavy atom. The van der Waals surface area contributed by atoms with Crippen LogP contribution in [0.25, 0.3) is 0 Å². The van der Waals surface area contributed by atoms with E-state index < -0.39 is 81.6 Å². The lowest BCUT2D eigenvalue weighted by molar-refractivity contribution is -0.294. The van der Waals surface area contributed by atoms with Crippen LogP contribution in [0.1, 0.15) is 89.6 Å². The third-order valence-corrected chi connectivity index (χ3v) is 11.5. The van der Waals surface area contributed by atoms with Gasteiger partial charge in [0, 0.05) is 30.8 Å². The number of phenols is 1. The molecule has 3 aliphatic rings. The number of amides is 1. The quantitative estimate of drug-likeness (QED) is 0.195. The van der Waals surface area contributed by atoms with Gasteiger partial charge in [-0.1, -0.05) is 60.6 Å². The van der Waals surface area contributed by atoms with Crippen LogP contribution in [0.4, 0.5) is 0 Å². The van der Waals surface area contributed by atoms with E-state index in [1.165, 1.54) is 6.07 Å². The summed E-state index contributed by atoms with van der Waals surface area (Å²) >= 11 is 0. The molecule has 2 saturated carbocycles. The van der Waals surface area contributed by atoms with Gasteiger partial charge in [0.25, 0.3) is 0 Å². The Bertz CT molecular complexity index is 1330. The van der Waals surface area contributed by atoms with Gasteiger partial charge >= 0.3 is 0 Å². The molecule has 0 radical (unpaired) electrons. The highest BCUT2D eigenvalue weighted by molar-refractivity contribution is 6.09. The highest BCUT2D eigenvalue weighted by Gasteiger charge is 2.80. The Hall–Kier alpha value is -2.66. The summed E-state index contributed by atoms with van der Waals surface area (Å²) < 4.78 is 6.20. The van der Waals surface area contributed by atoms with Crippen LogP contribution in [0.2, 0.25) is 0 Å². The number of nitrogens with two attached hydrogens (primary N) is 1. The molecule has 2 unspecified atom stereocenters. The third kappa shape index (κ3) is 4.66. The topological polar surface area (TPSA) is 184 Å². The molecule has 4 rings (SSSR count). The molecule has 1 amide bonds. The molecule has 44 heavy (non-hydrogen) atoms. The fourth-order valence-corrected chi connectivity index (χ4v) is 9.35. The number of fused-ring (bicyclic) bond motifs is 3. The van der Waals surface area contributed by atoms with Gasteiger partial charge < -0.3 is 30.9 Å². The van der Waals surface area contributed by atoms with Crippen molar-refractivity contribution in [3.8, 4) is 5.75 Å². The first-order valence-corrected chi connectivity index (χ1v) is 15.8. The van der Waals surface area contributed by atoms with E-state index in [1.807, 2.05) is 0 Å². The molecular weight excluding hydrogens is 566 g/mol. The fraction of sp³-hybridized carbons (Fsp3) is 0.706. The van der Waals surface area contributed by atoms with Crippen LogP contribution < -0.4 is 5.73 Å². The van der Waals surface area contributed by atoms with Crippen LogP contribution in [0.15, 0.2) is 18.2 Å². The van der Waals surface area contributed by atoms with Crippen molar-refractivity contribution in [1.29, 1.82) is 0 Å². The number of phenolic OH excluding ortho intramolecular Hbond substituents is 1. The second kappa shape index (κ2) is 11.9. The van der Waals surface area contributed by atoms with Gasteiger partial charge in [-0.05, 0) is 47.1 Å². The largest absolute Gasteiger partial charge is 0.507 e. The molecule has 1 aromatic rings. The van der Waals surface area contributed by atoms with Gasteiger partial charge in [-0.15, -0.1) is 0 Å². The second-order valence-corrected chi connectivity index (χ2v) is 14.4. The maximum absolute atomic E-state index is 14.5. The van der Waals surface area contributed by atoms with E-state index in [0.717, 1.165) is 6.42 Å². The number of ketones is 3. The number of hydrogen-bond acceptors (Lipinski definition) is 9. The Kier molecular flexibility index (Phi) is 9.28. The summed E-state index contributed by atoms with van der Waals surface area (Å²) in [6.07, 6.45) is -2.91. The minimum absolute atomic E-state index is 0.0330. The zero-order valence-electron chi connectivity index (χ0n) is 26.9. The first-order chi connectivity index (χ1) is 20.4. The lowest BCUT2D eigenvalue weighted by atomic mass is 9.33. The zero-order valence-corrected chi connectivity index (χ0v) is 26.9. The molecule has 0 bridgehead atoms. The van der Waals surface area contributed by atoms with E-state index in [1.54, 1.807) is 46.8 Å². The van der Waals surface area contributed by atoms with Gasteiger partial charge in [0.2, 0.25) is 5.91 Å². The van der Waals surface area contributed by atoms with Crippen LogP contribution in [-0.4, -0.2) is 74.7 Å². The molecule has 6 N–H and O–H groups in total. The number of carbonyl (C=O) groups excluding carboxylic acids is 4. The molecule has 1 aromatic carbocycles. The molecule has 3 aliphatic carbocycles. The number of ether oxygens (including phenoxy) is 1. The number of hydrogen-bond donors (Lipinski definition) is 5. The van der Waals surface area contributed by atoms with E-state index in [9.17, 15) is 39.6 Å². The third-order valence-electron chi connectivity index (χ3n) is 11.5. The summed E-state index contributed by atoms with van der Waals surface area (Å²) in [5, 5.41) is 47.5. The van der Waals surface area contributed by atoms with Crippen molar-refractivity contribution in [3.63, 3.8) is 0 Å². The number of benzene rings is 1. The van der Waals surface area contributed by atoms with E-state index in [-0.39, 0.29) is 36.5 Å². The number of rotatable bonds is 10. The molecule has 0 spiro atoms. The van der Waals surface area contributed by atoms with Crippen LogP contribution in [-0.2, 0) is 19.1 Å². The van der Waals surface area contributed by atoms with Crippen molar-refractivity contribution >= 4 is 23.3 Å². The van der Waals surface area contributed by atoms with Gasteiger partial charge in [0.05, 0.1) is 24.2 Å². The van der Waals surface area contributed by atoms with Crippen molar-refractivity contribution in [2.75, 3.05) is 13.2 Å². The highest BCUT2D eigenvalue weighted by Crippen LogP contribution is 2.71. The lowest BCUT2D eigenvalue weighted by Crippen LogP contribution is -2.82. The van der Waals surface area contributed by atoms with Crippen LogP contribution in [0.5, 0.6) is 5.75 Å². The van der Waals surface area contributed by atoms with E-state index in [0.29, 0.717) is 18.1 Å². The summed E-state index contributed by atoms with van der Waals surface area (Å²) in [5.74, 6) is -9.45. The Morgan fingerprint density at radius 2 is 1.73 bits per heavy atom. The van der Waals surface area contributed by atoms with Crippen molar-refractivity contribution in [3.05, 3.63) is 29.3 Å². The minimum atomic E-state index is -2.73. The monoisotopic (exact) mass is 615 g/mol. The molecule has 2 fully saturated rings. The maximum Gasteiger partial charge on any atom is 0.230 e. The van der Waals surface area contributed by atoms with Gasteiger partial charge in [0.15, 0.2) is 17.2 Å². The fourth-order valence-electron chi connectivity index (χ4n) is 9.35. The number of primary amides is 1. The molecule has 244 valence electrons. The number of aromatic hydroxyl groups is 1. The van der Waals surface area contributed by atoms with E-state index >= 15 is 0 Å². The first kappa shape index (κ1) is 34.2. The predicted octanol–water partition coefficient (Wildman–Crippen LogP) is 2.77. The van der Waals surface area contributed by atoms with Crippen LogP contribution in [0, 0.1) is 46.3 Å². The van der Waals surface area contributed by atoms with Gasteiger partial charge in [0.1, 0.15) is 23.6 Å². The Balaban J connectivity index is 2.08. The maximum atomic E-state index is 14.5. The highest BCUT2D eigenvalue weighted by atomic mass is 16.5. The van der Waals surface area contributed by atoms with Crippen molar-refractivity contribution < 1.29 is 44.3 Å². The van der Waals surface area contributed by atoms with E-state index in [2.05, 4.69) is 13.8 Å². The minimum Gasteiger partial charge on any atom is -0.507 e. The number of Topliss-reactive ketones (excluding diaryl/α,β-unsaturated/α-hetero) is 3. The summed E-state index contributed by atoms with van der Waals surface area (Å²) in [6, 6.07) is 4.71. The summed E-state index contributed by atoms with van der Waals surface area (Å²) in [6.45, 7) is 13.2. The van der Waals surface area contributed by atoms with Crippen molar-refractivity contribution in [2.24, 2.45) is 52.1 Å². The average Bonchev–Trinajstić information content (AvgIpc) is 2.92. The number of aliphatic hydroxyl groups is 3. The van der Waals surface area contributed by atoms with Crippen molar-refractivity contribution in [2.45, 2.75) is 91.5 Å². The molecule has 0 aromatic heterocycles. The zero-order chi connectivity index (χ0) is 33.1. The number of carbonyl (C=O) groups is 4. The van der Waals surface area contributed by atoms with Crippen LogP contribution >= 0.6 is 0 Å². The van der Waals surface area contributed by atoms with Gasteiger partial charge in [-0.25, -0.2) is 0 Å². The Morgan fingerprint density at radius 3 is 2.27 bits per heavy atom. The normalized spacial score (nSPS) is 38.3. The SMILES string of the molecule is CCC(=O)C[C@@H]1[C@@]2(C)[C@H](COCCC(C)C)c3cccc(O)c3C(=O)[C@@H]2C(O)[C@@]2(O)C(=O)[C@H](C(N)=O)C(O)[C@H](C(C)C)[C@@]12C. The van der Waals surface area contributed by atoms with Crippen molar-refractivity contribution in [1.82, 2.24) is 0 Å². The molecule has 10 atom stereocenters. The van der Waals surface area contributed by atoms with Gasteiger partial charge in [-0.3, -0.25) is 19.2 Å².